The van der Waals surface area contributed by atoms with Crippen LogP contribution in [0.4, 0.5) is 0 Å². The number of nitrogens with one attached hydrogen (secondary N) is 1. The minimum Gasteiger partial charge on any atom is -0.504 e. The number of ether oxygens (including phenoxy) is 6. The van der Waals surface area contributed by atoms with E-state index in [-0.39, 0.29) is 65.5 Å². The van der Waals surface area contributed by atoms with E-state index in [1.54, 1.807) is 26.0 Å². The maximum Gasteiger partial charge on any atom is 0.331 e. The summed E-state index contributed by atoms with van der Waals surface area (Å²) in [5.41, 5.74) is 2.41. The fourth-order valence-electron chi connectivity index (χ4n) is 10.00. The Balaban J connectivity index is 1.31. The number of likely N-dealkylation sites (N-methyl/N-ethyl adjacent to an activating group) is 1. The van der Waals surface area contributed by atoms with Crippen molar-refractivity contribution in [1.29, 1.82) is 0 Å². The van der Waals surface area contributed by atoms with Crippen LogP contribution < -0.4 is 24.3 Å². The van der Waals surface area contributed by atoms with Gasteiger partial charge < -0.3 is 38.6 Å². The van der Waals surface area contributed by atoms with E-state index < -0.39 is 58.9 Å². The SMILES string of the molecule is COC1=C(C)C(=O)C2=C(C1=O)[C@@H]1C3[C@@H]4SC[C@]5(NCCc6cc(O)c(OC)cc65)C(=O)OC[C@H](c5c6c(c(C)c(OC(C)=O)c54)OCO6)N3[C@@H](O)[C@H](C2)N1C. The van der Waals surface area contributed by atoms with Gasteiger partial charge in [-0.25, -0.2) is 4.79 Å². The molecule has 15 nitrogen and oxygen atoms in total. The van der Waals surface area contributed by atoms with Crippen molar-refractivity contribution in [3.63, 3.8) is 0 Å². The number of hydrogen-bond donors (Lipinski definition) is 3. The Hall–Kier alpha value is -4.61. The van der Waals surface area contributed by atoms with Gasteiger partial charge in [-0.1, -0.05) is 0 Å². The van der Waals surface area contributed by atoms with Crippen LogP contribution in [0.5, 0.6) is 28.7 Å². The standard InChI is InChI=1S/C39H41N3O12S/c1-15-30(45)19-10-21-37(47)42-22-12-51-38(48)39(20-11-24(49-5)23(44)9-18(20)7-8-40-39)13-55-36(29(42)28(41(21)4)25(19)31(46)33(15)50-6)27-26(22)35-34(52-14-53-35)16(2)32(27)54-17(3)43/h9,11,21-22,28-29,36-37,40,44,47H,7-8,10,12-14H2,1-6H3/t21-,22+,28+,29?,36+,37-,39+/m0/s1. The number of hydrogen-bond acceptors (Lipinski definition) is 16. The molecule has 0 radical (unpaired) electrons. The van der Waals surface area contributed by atoms with Crippen LogP contribution in [0.2, 0.25) is 0 Å². The minimum atomic E-state index is -1.42. The third-order valence-electron chi connectivity index (χ3n) is 12.4. The first-order chi connectivity index (χ1) is 26.3. The number of fused-ring (bicyclic) bond motifs is 8. The number of nitrogens with zero attached hydrogens (tertiary/aromatic N) is 2. The van der Waals surface area contributed by atoms with Gasteiger partial charge in [0.25, 0.3) is 0 Å². The fourth-order valence-corrected chi connectivity index (χ4v) is 11.7. The van der Waals surface area contributed by atoms with E-state index in [0.29, 0.717) is 52.3 Å². The summed E-state index contributed by atoms with van der Waals surface area (Å²) >= 11 is 1.37. The second-order valence-electron chi connectivity index (χ2n) is 15.0. The number of carbonyl (C=O) groups excluding carboxylic acids is 4. The molecule has 2 saturated heterocycles. The lowest BCUT2D eigenvalue weighted by Gasteiger charge is -2.62. The number of ketones is 2. The minimum absolute atomic E-state index is 0.0285. The van der Waals surface area contributed by atoms with E-state index in [2.05, 4.69) is 5.32 Å². The number of allylic oxidation sites excluding steroid dienone is 2. The zero-order valence-corrected chi connectivity index (χ0v) is 32.0. The monoisotopic (exact) mass is 775 g/mol. The number of Topliss-reactive ketones (excluding diaryl/α,β-unsaturated/α-hetero) is 2. The summed E-state index contributed by atoms with van der Waals surface area (Å²) in [6.07, 6.45) is -0.577. The zero-order chi connectivity index (χ0) is 38.8. The maximum absolute atomic E-state index is 14.7. The number of rotatable bonds is 3. The van der Waals surface area contributed by atoms with Gasteiger partial charge in [0.2, 0.25) is 12.6 Å². The first kappa shape index (κ1) is 36.1. The highest BCUT2D eigenvalue weighted by molar-refractivity contribution is 7.99. The Labute approximate surface area is 320 Å². The van der Waals surface area contributed by atoms with E-state index in [9.17, 15) is 29.4 Å². The summed E-state index contributed by atoms with van der Waals surface area (Å²) in [7, 11) is 4.64. The molecule has 7 aliphatic heterocycles. The molecule has 8 aliphatic rings. The second kappa shape index (κ2) is 12.7. The van der Waals surface area contributed by atoms with Gasteiger partial charge in [-0.15, -0.1) is 11.8 Å². The number of esters is 2. The highest BCUT2D eigenvalue weighted by Gasteiger charge is 2.63. The van der Waals surface area contributed by atoms with Gasteiger partial charge in [0.1, 0.15) is 18.6 Å². The number of benzene rings is 2. The molecule has 0 aromatic heterocycles. The number of aliphatic hydroxyl groups is 1. The lowest BCUT2D eigenvalue weighted by molar-refractivity contribution is -0.181. The van der Waals surface area contributed by atoms with Crippen molar-refractivity contribution in [3.05, 3.63) is 62.4 Å². The van der Waals surface area contributed by atoms with Gasteiger partial charge in [0.15, 0.2) is 40.1 Å². The third-order valence-corrected chi connectivity index (χ3v) is 13.9. The topological polar surface area (TPSA) is 183 Å². The van der Waals surface area contributed by atoms with Gasteiger partial charge >= 0.3 is 11.9 Å². The predicted octanol–water partition coefficient (Wildman–Crippen LogP) is 2.23. The number of carbonyl (C=O) groups is 4. The van der Waals surface area contributed by atoms with E-state index in [0.717, 1.165) is 5.56 Å². The van der Waals surface area contributed by atoms with E-state index in [4.69, 9.17) is 28.4 Å². The molecule has 7 atom stereocenters. The number of phenols is 1. The number of phenolic OH excluding ortho intramolecular Hbond substituents is 1. The highest BCUT2D eigenvalue weighted by Crippen LogP contribution is 2.62. The molecule has 1 spiro atoms. The Kier molecular flexibility index (Phi) is 8.33. The third kappa shape index (κ3) is 4.84. The summed E-state index contributed by atoms with van der Waals surface area (Å²) in [5, 5.41) is 26.0. The largest absolute Gasteiger partial charge is 0.504 e. The highest BCUT2D eigenvalue weighted by atomic mass is 32.2. The summed E-state index contributed by atoms with van der Waals surface area (Å²) < 4.78 is 35.6. The first-order valence-corrected chi connectivity index (χ1v) is 19.2. The summed E-state index contributed by atoms with van der Waals surface area (Å²) in [5.74, 6) is -0.641. The molecule has 2 fully saturated rings. The Morgan fingerprint density at radius 2 is 1.82 bits per heavy atom. The molecule has 0 amide bonds. The van der Waals surface area contributed by atoms with E-state index in [1.807, 2.05) is 16.8 Å². The van der Waals surface area contributed by atoms with Crippen LogP contribution in [0.3, 0.4) is 0 Å². The van der Waals surface area contributed by atoms with Gasteiger partial charge in [-0.05, 0) is 57.0 Å². The van der Waals surface area contributed by atoms with Crippen LogP contribution in [-0.2, 0) is 40.6 Å². The number of aliphatic hydroxyl groups excluding tert-OH is 1. The molecule has 290 valence electrons. The van der Waals surface area contributed by atoms with Crippen molar-refractivity contribution in [1.82, 2.24) is 15.1 Å². The van der Waals surface area contributed by atoms with Gasteiger partial charge in [0, 0.05) is 58.7 Å². The van der Waals surface area contributed by atoms with Crippen molar-refractivity contribution in [2.24, 2.45) is 0 Å². The molecule has 10 rings (SSSR count). The molecule has 0 saturated carbocycles. The lowest BCUT2D eigenvalue weighted by atomic mass is 9.70. The van der Waals surface area contributed by atoms with E-state index >= 15 is 0 Å². The van der Waals surface area contributed by atoms with Crippen molar-refractivity contribution < 1.29 is 57.8 Å². The zero-order valence-electron chi connectivity index (χ0n) is 31.1. The van der Waals surface area contributed by atoms with Crippen LogP contribution in [0.1, 0.15) is 59.4 Å². The Bertz CT molecular complexity index is 2180. The Morgan fingerprint density at radius 1 is 1.05 bits per heavy atom. The van der Waals surface area contributed by atoms with Crippen molar-refractivity contribution in [2.45, 2.75) is 74.8 Å². The molecular weight excluding hydrogens is 735 g/mol. The van der Waals surface area contributed by atoms with Gasteiger partial charge in [0.05, 0.1) is 37.6 Å². The average Bonchev–Trinajstić information content (AvgIpc) is 3.65. The predicted molar refractivity (Wildman–Crippen MR) is 194 cm³/mol. The summed E-state index contributed by atoms with van der Waals surface area (Å²) in [6, 6.07) is 0.246. The van der Waals surface area contributed by atoms with Crippen LogP contribution >= 0.6 is 11.8 Å². The van der Waals surface area contributed by atoms with Crippen LogP contribution in [-0.4, -0.2) is 115 Å². The quantitative estimate of drug-likeness (QED) is 0.234. The van der Waals surface area contributed by atoms with Gasteiger partial charge in [-0.3, -0.25) is 29.5 Å². The van der Waals surface area contributed by atoms with Crippen LogP contribution in [0.15, 0.2) is 34.6 Å². The Morgan fingerprint density at radius 3 is 2.55 bits per heavy atom. The molecule has 4 bridgehead atoms. The second-order valence-corrected chi connectivity index (χ2v) is 16.1. The van der Waals surface area contributed by atoms with E-state index in [1.165, 1.54) is 32.9 Å². The van der Waals surface area contributed by atoms with Crippen molar-refractivity contribution >= 4 is 35.3 Å². The molecule has 1 aliphatic carbocycles. The van der Waals surface area contributed by atoms with Crippen molar-refractivity contribution in [2.75, 3.05) is 47.0 Å². The van der Waals surface area contributed by atoms with Gasteiger partial charge in [-0.2, -0.15) is 0 Å². The summed E-state index contributed by atoms with van der Waals surface area (Å²) in [6.45, 7) is 4.69. The molecule has 3 N–H and O–H groups in total. The summed E-state index contributed by atoms with van der Waals surface area (Å²) in [4.78, 5) is 59.9. The maximum atomic E-state index is 14.7. The number of thioether (sulfide) groups is 1. The molecular formula is C39H41N3O12S. The average molecular weight is 776 g/mol. The van der Waals surface area contributed by atoms with Crippen molar-refractivity contribution in [3.8, 4) is 28.7 Å². The molecule has 16 heteroatoms. The molecule has 55 heavy (non-hydrogen) atoms. The molecule has 7 heterocycles. The lowest BCUT2D eigenvalue weighted by Crippen LogP contribution is -2.73. The molecule has 2 aromatic rings. The normalized spacial score (nSPS) is 31.1. The number of piperazine rings is 1. The first-order valence-electron chi connectivity index (χ1n) is 18.2. The number of methoxy groups -OCH3 is 2. The number of aromatic hydroxyl groups is 1. The van der Waals surface area contributed by atoms with Crippen LogP contribution in [0, 0.1) is 6.92 Å². The molecule has 2 aromatic carbocycles. The smallest absolute Gasteiger partial charge is 0.331 e. The van der Waals surface area contributed by atoms with Crippen LogP contribution in [0.25, 0.3) is 0 Å². The fraction of sp³-hybridized carbons (Fsp3) is 0.487. The molecule has 1 unspecified atom stereocenters.